The lowest BCUT2D eigenvalue weighted by molar-refractivity contribution is 0.779. The fourth-order valence-corrected chi connectivity index (χ4v) is 2.44. The maximum atomic E-state index is 4.55. The minimum Gasteiger partial charge on any atom is -0.372 e. The molecule has 0 bridgehead atoms. The molecule has 0 spiro atoms. The zero-order chi connectivity index (χ0) is 15.5. The van der Waals surface area contributed by atoms with Gasteiger partial charge >= 0.3 is 0 Å². The van der Waals surface area contributed by atoms with Crippen LogP contribution in [0.4, 0.5) is 11.8 Å². The Hall–Kier alpha value is -2.63. The highest BCUT2D eigenvalue weighted by atomic mass is 15.3. The van der Waals surface area contributed by atoms with E-state index in [9.17, 15) is 0 Å². The molecule has 0 radical (unpaired) electrons. The van der Waals surface area contributed by atoms with E-state index in [1.807, 2.05) is 20.2 Å². The van der Waals surface area contributed by atoms with Gasteiger partial charge in [0.05, 0.1) is 11.6 Å². The van der Waals surface area contributed by atoms with Crippen molar-refractivity contribution in [2.45, 2.75) is 12.8 Å². The van der Waals surface area contributed by atoms with Crippen molar-refractivity contribution in [1.29, 1.82) is 0 Å². The molecule has 22 heavy (non-hydrogen) atoms. The Balaban J connectivity index is 1.80. The molecular weight excluding hydrogens is 276 g/mol. The van der Waals surface area contributed by atoms with Crippen molar-refractivity contribution in [1.82, 2.24) is 19.7 Å². The van der Waals surface area contributed by atoms with Gasteiger partial charge in [-0.15, -0.1) is 0 Å². The Morgan fingerprint density at radius 1 is 1.18 bits per heavy atom. The molecule has 0 aliphatic heterocycles. The van der Waals surface area contributed by atoms with Crippen LogP contribution in [0.25, 0.3) is 11.0 Å². The highest BCUT2D eigenvalue weighted by molar-refractivity contribution is 5.87. The molecule has 0 aliphatic carbocycles. The van der Waals surface area contributed by atoms with Gasteiger partial charge < -0.3 is 10.6 Å². The minimum absolute atomic E-state index is 0.380. The molecule has 1 unspecified atom stereocenters. The van der Waals surface area contributed by atoms with Gasteiger partial charge in [-0.2, -0.15) is 15.1 Å². The first-order chi connectivity index (χ1) is 10.7. The molecule has 2 N–H and O–H groups in total. The molecule has 0 saturated heterocycles. The molecule has 1 aromatic carbocycles. The Bertz CT molecular complexity index is 765. The summed E-state index contributed by atoms with van der Waals surface area (Å²) in [6.07, 6.45) is 1.78. The number of fused-ring (bicyclic) bond motifs is 1. The van der Waals surface area contributed by atoms with Crippen molar-refractivity contribution < 1.29 is 0 Å². The molecule has 6 nitrogen and oxygen atoms in total. The van der Waals surface area contributed by atoms with E-state index in [-0.39, 0.29) is 0 Å². The number of aromatic nitrogens is 4. The third-order valence-corrected chi connectivity index (χ3v) is 3.76. The predicted molar refractivity (Wildman–Crippen MR) is 89.2 cm³/mol. The zero-order valence-electron chi connectivity index (χ0n) is 13.0. The number of hydrogen-bond donors (Lipinski definition) is 2. The summed E-state index contributed by atoms with van der Waals surface area (Å²) >= 11 is 0. The topological polar surface area (TPSA) is 67.7 Å². The smallest absolute Gasteiger partial charge is 0.226 e. The summed E-state index contributed by atoms with van der Waals surface area (Å²) in [7, 11) is 3.73. The normalized spacial score (nSPS) is 12.3. The van der Waals surface area contributed by atoms with E-state index in [4.69, 9.17) is 0 Å². The van der Waals surface area contributed by atoms with Crippen molar-refractivity contribution in [3.05, 3.63) is 42.1 Å². The first-order valence-corrected chi connectivity index (χ1v) is 7.35. The van der Waals surface area contributed by atoms with E-state index < -0.39 is 0 Å². The number of rotatable bonds is 5. The molecular formula is C16H20N6. The SMILES string of the molecule is CNc1nc(NCC(C)c2ccccc2)nc2c1cnn2C. The standard InChI is InChI=1S/C16H20N6/c1-11(12-7-5-4-6-8-12)9-18-16-20-14(17-2)13-10-19-22(3)15(13)21-16/h4-8,10-11H,9H2,1-3H3,(H2,17,18,20,21). The summed E-state index contributed by atoms with van der Waals surface area (Å²) in [5.74, 6) is 1.78. The fraction of sp³-hybridized carbons (Fsp3) is 0.312. The number of hydrogen-bond acceptors (Lipinski definition) is 5. The van der Waals surface area contributed by atoms with Crippen LogP contribution in [-0.2, 0) is 7.05 Å². The molecule has 0 amide bonds. The van der Waals surface area contributed by atoms with Gasteiger partial charge in [-0.25, -0.2) is 0 Å². The van der Waals surface area contributed by atoms with Gasteiger partial charge in [-0.3, -0.25) is 4.68 Å². The summed E-state index contributed by atoms with van der Waals surface area (Å²) < 4.78 is 1.75. The van der Waals surface area contributed by atoms with E-state index in [0.29, 0.717) is 11.9 Å². The third kappa shape index (κ3) is 2.72. The quantitative estimate of drug-likeness (QED) is 0.757. The predicted octanol–water partition coefficient (Wildman–Crippen LogP) is 2.62. The first kappa shape index (κ1) is 14.3. The van der Waals surface area contributed by atoms with Gasteiger partial charge in [0.25, 0.3) is 0 Å². The molecule has 1 atom stereocenters. The van der Waals surface area contributed by atoms with E-state index in [1.165, 1.54) is 5.56 Å². The molecule has 0 fully saturated rings. The second-order valence-electron chi connectivity index (χ2n) is 5.34. The molecule has 114 valence electrons. The van der Waals surface area contributed by atoms with Gasteiger partial charge in [0, 0.05) is 20.6 Å². The number of benzene rings is 1. The van der Waals surface area contributed by atoms with Gasteiger partial charge in [0.15, 0.2) is 5.65 Å². The Labute approximate surface area is 129 Å². The van der Waals surface area contributed by atoms with E-state index in [1.54, 1.807) is 10.9 Å². The maximum absolute atomic E-state index is 4.55. The van der Waals surface area contributed by atoms with Crippen LogP contribution < -0.4 is 10.6 Å². The van der Waals surface area contributed by atoms with Crippen LogP contribution >= 0.6 is 0 Å². The first-order valence-electron chi connectivity index (χ1n) is 7.35. The Morgan fingerprint density at radius 2 is 1.95 bits per heavy atom. The summed E-state index contributed by atoms with van der Waals surface area (Å²) in [5.41, 5.74) is 2.11. The number of aryl methyl sites for hydroxylation is 1. The monoisotopic (exact) mass is 296 g/mol. The number of anilines is 2. The van der Waals surface area contributed by atoms with Gasteiger partial charge in [0.1, 0.15) is 5.82 Å². The third-order valence-electron chi connectivity index (χ3n) is 3.76. The van der Waals surface area contributed by atoms with Crippen molar-refractivity contribution in [3.63, 3.8) is 0 Å². The van der Waals surface area contributed by atoms with E-state index in [2.05, 4.69) is 56.9 Å². The second-order valence-corrected chi connectivity index (χ2v) is 5.34. The highest BCUT2D eigenvalue weighted by Gasteiger charge is 2.11. The lowest BCUT2D eigenvalue weighted by Crippen LogP contribution is -2.13. The fourth-order valence-electron chi connectivity index (χ4n) is 2.44. The second kappa shape index (κ2) is 6.01. The maximum Gasteiger partial charge on any atom is 0.226 e. The summed E-state index contributed by atoms with van der Waals surface area (Å²) in [6.45, 7) is 2.96. The summed E-state index contributed by atoms with van der Waals surface area (Å²) in [4.78, 5) is 9.06. The van der Waals surface area contributed by atoms with Gasteiger partial charge in [-0.1, -0.05) is 37.3 Å². The molecule has 3 rings (SSSR count). The largest absolute Gasteiger partial charge is 0.372 e. The van der Waals surface area contributed by atoms with E-state index >= 15 is 0 Å². The average molecular weight is 296 g/mol. The zero-order valence-corrected chi connectivity index (χ0v) is 13.0. The van der Waals surface area contributed by atoms with Crippen LogP contribution in [0.2, 0.25) is 0 Å². The Kier molecular flexibility index (Phi) is 3.91. The van der Waals surface area contributed by atoms with Crippen LogP contribution in [0.15, 0.2) is 36.5 Å². The molecule has 2 aromatic heterocycles. The van der Waals surface area contributed by atoms with Crippen molar-refractivity contribution in [3.8, 4) is 0 Å². The lowest BCUT2D eigenvalue weighted by Gasteiger charge is -2.13. The Morgan fingerprint density at radius 3 is 2.68 bits per heavy atom. The highest BCUT2D eigenvalue weighted by Crippen LogP contribution is 2.21. The average Bonchev–Trinajstić information content (AvgIpc) is 2.94. The molecule has 2 heterocycles. The van der Waals surface area contributed by atoms with Gasteiger partial charge in [0.2, 0.25) is 5.95 Å². The number of nitrogens with one attached hydrogen (secondary N) is 2. The molecule has 3 aromatic rings. The van der Waals surface area contributed by atoms with Crippen LogP contribution in [0.1, 0.15) is 18.4 Å². The van der Waals surface area contributed by atoms with Crippen molar-refractivity contribution >= 4 is 22.8 Å². The number of nitrogens with zero attached hydrogens (tertiary/aromatic N) is 4. The molecule has 0 aliphatic rings. The van der Waals surface area contributed by atoms with Crippen LogP contribution in [0, 0.1) is 0 Å². The molecule has 0 saturated carbocycles. The van der Waals surface area contributed by atoms with E-state index in [0.717, 1.165) is 23.4 Å². The van der Waals surface area contributed by atoms with Crippen LogP contribution in [0.5, 0.6) is 0 Å². The molecule has 6 heteroatoms. The van der Waals surface area contributed by atoms with Crippen LogP contribution in [-0.4, -0.2) is 33.3 Å². The lowest BCUT2D eigenvalue weighted by atomic mass is 10.0. The van der Waals surface area contributed by atoms with Crippen molar-refractivity contribution in [2.24, 2.45) is 7.05 Å². The van der Waals surface area contributed by atoms with Crippen LogP contribution in [0.3, 0.4) is 0 Å². The minimum atomic E-state index is 0.380. The summed E-state index contributed by atoms with van der Waals surface area (Å²) in [5, 5.41) is 11.6. The summed E-state index contributed by atoms with van der Waals surface area (Å²) in [6, 6.07) is 10.4. The van der Waals surface area contributed by atoms with Crippen molar-refractivity contribution in [2.75, 3.05) is 24.2 Å². The van der Waals surface area contributed by atoms with Gasteiger partial charge in [-0.05, 0) is 11.5 Å².